The molecule has 1 aromatic carbocycles. The highest BCUT2D eigenvalue weighted by Gasteiger charge is 2.25. The Morgan fingerprint density at radius 3 is 2.41 bits per heavy atom. The van der Waals surface area contributed by atoms with Gasteiger partial charge >= 0.3 is 0 Å². The van der Waals surface area contributed by atoms with E-state index in [1.807, 2.05) is 29.2 Å². The number of benzene rings is 1. The minimum Gasteiger partial charge on any atom is -0.497 e. The van der Waals surface area contributed by atoms with Crippen molar-refractivity contribution in [3.8, 4) is 11.5 Å². The standard InChI is InChI=1S/C21H33N3O3/c1-22-10-3-11-23(15-14-22)16-21(25)24-12-8-18(9-13-24)17-27-20-6-4-19(26-2)5-7-20/h4-7,18H,3,8-17H2,1-2H3. The first-order chi connectivity index (χ1) is 13.1. The van der Waals surface area contributed by atoms with Gasteiger partial charge in [0.2, 0.25) is 5.91 Å². The first kappa shape index (κ1) is 20.0. The summed E-state index contributed by atoms with van der Waals surface area (Å²) in [4.78, 5) is 19.3. The number of likely N-dealkylation sites (N-methyl/N-ethyl adjacent to an activating group) is 1. The lowest BCUT2D eigenvalue weighted by molar-refractivity contribution is -0.133. The van der Waals surface area contributed by atoms with Crippen LogP contribution in [-0.2, 0) is 4.79 Å². The molecule has 0 saturated carbocycles. The molecule has 6 nitrogen and oxygen atoms in total. The quantitative estimate of drug-likeness (QED) is 0.761. The molecule has 2 heterocycles. The normalized spacial score (nSPS) is 20.3. The molecule has 2 aliphatic rings. The Bertz CT molecular complexity index is 585. The molecule has 0 bridgehead atoms. The Balaban J connectivity index is 1.37. The molecule has 0 radical (unpaired) electrons. The van der Waals surface area contributed by atoms with Gasteiger partial charge in [-0.05, 0) is 69.6 Å². The van der Waals surface area contributed by atoms with Crippen molar-refractivity contribution in [3.63, 3.8) is 0 Å². The molecule has 2 aliphatic heterocycles. The van der Waals surface area contributed by atoms with E-state index in [2.05, 4.69) is 16.8 Å². The third-order valence-corrected chi connectivity index (χ3v) is 5.68. The molecule has 1 aromatic rings. The maximum Gasteiger partial charge on any atom is 0.236 e. The zero-order chi connectivity index (χ0) is 19.1. The minimum atomic E-state index is 0.286. The van der Waals surface area contributed by atoms with Gasteiger partial charge in [0.25, 0.3) is 0 Å². The van der Waals surface area contributed by atoms with Crippen molar-refractivity contribution in [3.05, 3.63) is 24.3 Å². The number of rotatable bonds is 6. The number of hydrogen-bond donors (Lipinski definition) is 0. The number of methoxy groups -OCH3 is 1. The fourth-order valence-corrected chi connectivity index (χ4v) is 3.78. The highest BCUT2D eigenvalue weighted by atomic mass is 16.5. The van der Waals surface area contributed by atoms with E-state index in [1.54, 1.807) is 7.11 Å². The van der Waals surface area contributed by atoms with E-state index < -0.39 is 0 Å². The van der Waals surface area contributed by atoms with Gasteiger partial charge in [-0.15, -0.1) is 0 Å². The second kappa shape index (κ2) is 9.95. The van der Waals surface area contributed by atoms with Gasteiger partial charge in [0.1, 0.15) is 11.5 Å². The number of nitrogens with zero attached hydrogens (tertiary/aromatic N) is 3. The molecular weight excluding hydrogens is 342 g/mol. The van der Waals surface area contributed by atoms with Crippen LogP contribution in [-0.4, -0.2) is 87.2 Å². The lowest BCUT2D eigenvalue weighted by atomic mass is 9.97. The van der Waals surface area contributed by atoms with E-state index >= 15 is 0 Å². The highest BCUT2D eigenvalue weighted by molar-refractivity contribution is 5.78. The van der Waals surface area contributed by atoms with Crippen LogP contribution in [0.3, 0.4) is 0 Å². The molecule has 0 aliphatic carbocycles. The lowest BCUT2D eigenvalue weighted by Crippen LogP contribution is -2.45. The highest BCUT2D eigenvalue weighted by Crippen LogP contribution is 2.21. The topological polar surface area (TPSA) is 45.3 Å². The molecule has 3 rings (SSSR count). The number of hydrogen-bond acceptors (Lipinski definition) is 5. The maximum absolute atomic E-state index is 12.6. The SMILES string of the molecule is COc1ccc(OCC2CCN(C(=O)CN3CCCN(C)CC3)CC2)cc1. The van der Waals surface area contributed by atoms with Crippen LogP contribution in [0.1, 0.15) is 19.3 Å². The first-order valence-electron chi connectivity index (χ1n) is 10.1. The number of carbonyl (C=O) groups is 1. The summed E-state index contributed by atoms with van der Waals surface area (Å²) in [6.45, 7) is 7.19. The fraction of sp³-hybridized carbons (Fsp3) is 0.667. The summed E-state index contributed by atoms with van der Waals surface area (Å²) in [5, 5.41) is 0. The van der Waals surface area contributed by atoms with Crippen LogP contribution in [0.2, 0.25) is 0 Å². The zero-order valence-corrected chi connectivity index (χ0v) is 16.7. The summed E-state index contributed by atoms with van der Waals surface area (Å²) in [5.74, 6) is 2.52. The van der Waals surface area contributed by atoms with Crippen molar-refractivity contribution in [1.82, 2.24) is 14.7 Å². The molecule has 0 unspecified atom stereocenters. The Labute approximate surface area is 163 Å². The van der Waals surface area contributed by atoms with Crippen molar-refractivity contribution in [2.24, 2.45) is 5.92 Å². The Hall–Kier alpha value is -1.79. The van der Waals surface area contributed by atoms with E-state index in [1.165, 1.54) is 0 Å². The second-order valence-electron chi connectivity index (χ2n) is 7.74. The van der Waals surface area contributed by atoms with Crippen molar-refractivity contribution in [1.29, 1.82) is 0 Å². The van der Waals surface area contributed by atoms with Gasteiger partial charge in [-0.25, -0.2) is 0 Å². The predicted octanol–water partition coefficient (Wildman–Crippen LogP) is 1.95. The average Bonchev–Trinajstić information content (AvgIpc) is 2.91. The molecule has 0 atom stereocenters. The number of carbonyl (C=O) groups excluding carboxylic acids is 1. The Morgan fingerprint density at radius 2 is 1.70 bits per heavy atom. The molecule has 27 heavy (non-hydrogen) atoms. The average molecular weight is 376 g/mol. The van der Waals surface area contributed by atoms with Crippen molar-refractivity contribution >= 4 is 5.91 Å². The summed E-state index contributed by atoms with van der Waals surface area (Å²) in [7, 11) is 3.82. The molecule has 150 valence electrons. The van der Waals surface area contributed by atoms with Gasteiger partial charge in [0.05, 0.1) is 20.3 Å². The zero-order valence-electron chi connectivity index (χ0n) is 16.7. The maximum atomic E-state index is 12.6. The molecule has 6 heteroatoms. The number of piperidine rings is 1. The summed E-state index contributed by atoms with van der Waals surface area (Å²) in [6, 6.07) is 7.71. The van der Waals surface area contributed by atoms with E-state index in [9.17, 15) is 4.79 Å². The van der Waals surface area contributed by atoms with Crippen molar-refractivity contribution in [2.45, 2.75) is 19.3 Å². The smallest absolute Gasteiger partial charge is 0.236 e. The number of amides is 1. The summed E-state index contributed by atoms with van der Waals surface area (Å²) >= 11 is 0. The third kappa shape index (κ3) is 6.11. The Kier molecular flexibility index (Phi) is 7.35. The van der Waals surface area contributed by atoms with Gasteiger partial charge < -0.3 is 19.3 Å². The summed E-state index contributed by atoms with van der Waals surface area (Å²) in [5.41, 5.74) is 0. The van der Waals surface area contributed by atoms with Crippen LogP contribution < -0.4 is 9.47 Å². The van der Waals surface area contributed by atoms with Crippen LogP contribution in [0.5, 0.6) is 11.5 Å². The molecule has 0 aromatic heterocycles. The van der Waals surface area contributed by atoms with Crippen molar-refractivity contribution < 1.29 is 14.3 Å². The van der Waals surface area contributed by atoms with Gasteiger partial charge in [0.15, 0.2) is 0 Å². The molecular formula is C21H33N3O3. The lowest BCUT2D eigenvalue weighted by Gasteiger charge is -2.33. The third-order valence-electron chi connectivity index (χ3n) is 5.68. The summed E-state index contributed by atoms with van der Waals surface area (Å²) < 4.78 is 11.1. The van der Waals surface area contributed by atoms with Crippen LogP contribution in [0.25, 0.3) is 0 Å². The van der Waals surface area contributed by atoms with Crippen molar-refractivity contribution in [2.75, 3.05) is 66.6 Å². The Morgan fingerprint density at radius 1 is 1.00 bits per heavy atom. The first-order valence-corrected chi connectivity index (χ1v) is 10.1. The van der Waals surface area contributed by atoms with E-state index in [0.29, 0.717) is 19.1 Å². The molecule has 0 N–H and O–H groups in total. The number of likely N-dealkylation sites (tertiary alicyclic amines) is 1. The molecule has 1 amide bonds. The molecule has 2 fully saturated rings. The molecule has 2 saturated heterocycles. The second-order valence-corrected chi connectivity index (χ2v) is 7.74. The van der Waals surface area contributed by atoms with Gasteiger partial charge in [-0.3, -0.25) is 9.69 Å². The summed E-state index contributed by atoms with van der Waals surface area (Å²) in [6.07, 6.45) is 3.18. The van der Waals surface area contributed by atoms with E-state index in [0.717, 1.165) is 70.0 Å². The van der Waals surface area contributed by atoms with Gasteiger partial charge in [-0.1, -0.05) is 0 Å². The van der Waals surface area contributed by atoms with E-state index in [-0.39, 0.29) is 5.91 Å². The number of ether oxygens (including phenoxy) is 2. The van der Waals surface area contributed by atoms with Gasteiger partial charge in [-0.2, -0.15) is 0 Å². The minimum absolute atomic E-state index is 0.286. The predicted molar refractivity (Wildman–Crippen MR) is 106 cm³/mol. The monoisotopic (exact) mass is 375 g/mol. The fourth-order valence-electron chi connectivity index (χ4n) is 3.78. The van der Waals surface area contributed by atoms with E-state index in [4.69, 9.17) is 9.47 Å². The van der Waals surface area contributed by atoms with Crippen LogP contribution in [0, 0.1) is 5.92 Å². The van der Waals surface area contributed by atoms with Gasteiger partial charge in [0, 0.05) is 26.2 Å². The molecule has 0 spiro atoms. The van der Waals surface area contributed by atoms with Crippen LogP contribution in [0.4, 0.5) is 0 Å². The largest absolute Gasteiger partial charge is 0.497 e. The van der Waals surface area contributed by atoms with Crippen LogP contribution in [0.15, 0.2) is 24.3 Å². The van der Waals surface area contributed by atoms with Crippen LogP contribution >= 0.6 is 0 Å².